The Labute approximate surface area is 76.8 Å². The summed E-state index contributed by atoms with van der Waals surface area (Å²) in [6, 6.07) is 5.76. The van der Waals surface area contributed by atoms with Gasteiger partial charge in [-0.25, -0.2) is 0 Å². The number of hydrogen-bond acceptors (Lipinski definition) is 2. The molecule has 0 saturated heterocycles. The Morgan fingerprint density at radius 1 is 1.46 bits per heavy atom. The molecule has 0 aliphatic heterocycles. The Bertz CT molecular complexity index is 343. The highest BCUT2D eigenvalue weighted by molar-refractivity contribution is 5.33. The summed E-state index contributed by atoms with van der Waals surface area (Å²) in [7, 11) is 1.62. The summed E-state index contributed by atoms with van der Waals surface area (Å²) in [6.45, 7) is 2.34. The van der Waals surface area contributed by atoms with Crippen molar-refractivity contribution in [3.05, 3.63) is 39.8 Å². The monoisotopic (exact) mass is 177 g/mol. The van der Waals surface area contributed by atoms with Gasteiger partial charge in [0.25, 0.3) is 0 Å². The van der Waals surface area contributed by atoms with Gasteiger partial charge in [0, 0.05) is 4.91 Å². The van der Waals surface area contributed by atoms with Crippen LogP contribution in [-0.2, 0) is 6.54 Å². The number of azide groups is 1. The zero-order chi connectivity index (χ0) is 9.68. The molecule has 13 heavy (non-hydrogen) atoms. The van der Waals surface area contributed by atoms with Crippen molar-refractivity contribution in [1.29, 1.82) is 0 Å². The van der Waals surface area contributed by atoms with Crippen molar-refractivity contribution in [3.63, 3.8) is 0 Å². The van der Waals surface area contributed by atoms with Gasteiger partial charge in [0.05, 0.1) is 13.7 Å². The van der Waals surface area contributed by atoms with Crippen LogP contribution in [0.15, 0.2) is 23.3 Å². The summed E-state index contributed by atoms with van der Waals surface area (Å²) in [5.41, 5.74) is 10.2. The number of methoxy groups -OCH3 is 1. The van der Waals surface area contributed by atoms with Crippen LogP contribution in [0.5, 0.6) is 5.75 Å². The molecule has 0 fully saturated rings. The first kappa shape index (κ1) is 9.42. The van der Waals surface area contributed by atoms with E-state index < -0.39 is 0 Å². The van der Waals surface area contributed by atoms with Gasteiger partial charge in [-0.1, -0.05) is 11.2 Å². The van der Waals surface area contributed by atoms with Crippen LogP contribution in [0.1, 0.15) is 11.1 Å². The van der Waals surface area contributed by atoms with Crippen LogP contribution in [-0.4, -0.2) is 7.11 Å². The average Bonchev–Trinajstić information content (AvgIpc) is 2.14. The highest BCUT2D eigenvalue weighted by atomic mass is 16.5. The molecule has 68 valence electrons. The zero-order valence-electron chi connectivity index (χ0n) is 7.69. The van der Waals surface area contributed by atoms with Crippen molar-refractivity contribution in [1.82, 2.24) is 0 Å². The Balaban J connectivity index is 2.93. The number of aryl methyl sites for hydroxylation is 1. The smallest absolute Gasteiger partial charge is 0.119 e. The lowest BCUT2D eigenvalue weighted by molar-refractivity contribution is 0.414. The first-order valence-electron chi connectivity index (χ1n) is 3.91. The van der Waals surface area contributed by atoms with Gasteiger partial charge < -0.3 is 4.74 Å². The summed E-state index contributed by atoms with van der Waals surface area (Å²) in [5, 5.41) is 3.48. The van der Waals surface area contributed by atoms with Crippen LogP contribution >= 0.6 is 0 Å². The summed E-state index contributed by atoms with van der Waals surface area (Å²) in [6.07, 6.45) is 0. The molecule has 1 aromatic rings. The predicted molar refractivity (Wildman–Crippen MR) is 50.6 cm³/mol. The van der Waals surface area contributed by atoms with Crippen LogP contribution < -0.4 is 4.74 Å². The lowest BCUT2D eigenvalue weighted by Gasteiger charge is -2.03. The maximum atomic E-state index is 8.15. The first-order chi connectivity index (χ1) is 6.26. The minimum Gasteiger partial charge on any atom is -0.497 e. The molecule has 4 heteroatoms. The van der Waals surface area contributed by atoms with Gasteiger partial charge in [-0.2, -0.15) is 0 Å². The molecule has 0 aliphatic rings. The van der Waals surface area contributed by atoms with E-state index in [9.17, 15) is 0 Å². The number of hydrogen-bond donors (Lipinski definition) is 0. The molecule has 0 amide bonds. The van der Waals surface area contributed by atoms with Gasteiger partial charge in [-0.15, -0.1) is 0 Å². The molecule has 1 rings (SSSR count). The molecule has 0 aromatic heterocycles. The molecule has 0 radical (unpaired) electrons. The van der Waals surface area contributed by atoms with Gasteiger partial charge in [-0.05, 0) is 35.7 Å². The molecule has 1 aromatic carbocycles. The molecule has 0 N–H and O–H groups in total. The molecule has 0 spiro atoms. The van der Waals surface area contributed by atoms with Gasteiger partial charge in [0.15, 0.2) is 0 Å². The molecular formula is C9H11N3O. The molecule has 0 unspecified atom stereocenters. The third kappa shape index (κ3) is 2.69. The summed E-state index contributed by atoms with van der Waals surface area (Å²) >= 11 is 0. The lowest BCUT2D eigenvalue weighted by atomic mass is 10.1. The Hall–Kier alpha value is -1.67. The molecule has 4 nitrogen and oxygen atoms in total. The fourth-order valence-electron chi connectivity index (χ4n) is 1.15. The van der Waals surface area contributed by atoms with Gasteiger partial charge in [0.2, 0.25) is 0 Å². The maximum Gasteiger partial charge on any atom is 0.119 e. The second-order valence-electron chi connectivity index (χ2n) is 2.75. The van der Waals surface area contributed by atoms with Crippen LogP contribution in [0.2, 0.25) is 0 Å². The van der Waals surface area contributed by atoms with Crippen molar-refractivity contribution in [2.24, 2.45) is 5.11 Å². The highest BCUT2D eigenvalue weighted by Gasteiger charge is 1.96. The van der Waals surface area contributed by atoms with E-state index in [1.807, 2.05) is 25.1 Å². The Kier molecular flexibility index (Phi) is 3.17. The van der Waals surface area contributed by atoms with Gasteiger partial charge >= 0.3 is 0 Å². The first-order valence-corrected chi connectivity index (χ1v) is 3.91. The fraction of sp³-hybridized carbons (Fsp3) is 0.333. The van der Waals surface area contributed by atoms with Crippen molar-refractivity contribution < 1.29 is 4.74 Å². The molecule has 0 saturated carbocycles. The Morgan fingerprint density at radius 2 is 2.23 bits per heavy atom. The third-order valence-corrected chi connectivity index (χ3v) is 1.66. The number of nitrogens with zero attached hydrogens (tertiary/aromatic N) is 3. The fourth-order valence-corrected chi connectivity index (χ4v) is 1.15. The van der Waals surface area contributed by atoms with E-state index in [2.05, 4.69) is 10.0 Å². The van der Waals surface area contributed by atoms with Crippen LogP contribution in [0, 0.1) is 6.92 Å². The van der Waals surface area contributed by atoms with E-state index in [1.54, 1.807) is 7.11 Å². The molecule has 0 heterocycles. The summed E-state index contributed by atoms with van der Waals surface area (Å²) < 4.78 is 5.08. The van der Waals surface area contributed by atoms with E-state index in [0.29, 0.717) is 6.54 Å². The number of rotatable bonds is 3. The molecule has 0 aliphatic carbocycles. The zero-order valence-corrected chi connectivity index (χ0v) is 7.69. The maximum absolute atomic E-state index is 8.15. The molecule has 0 bridgehead atoms. The minimum atomic E-state index is 0.370. The van der Waals surface area contributed by atoms with E-state index in [-0.39, 0.29) is 0 Å². The van der Waals surface area contributed by atoms with Gasteiger partial charge in [-0.3, -0.25) is 0 Å². The molecule has 0 atom stereocenters. The largest absolute Gasteiger partial charge is 0.497 e. The summed E-state index contributed by atoms with van der Waals surface area (Å²) in [4.78, 5) is 2.70. The van der Waals surface area contributed by atoms with E-state index in [1.165, 1.54) is 0 Å². The van der Waals surface area contributed by atoms with Crippen LogP contribution in [0.25, 0.3) is 10.4 Å². The van der Waals surface area contributed by atoms with Crippen molar-refractivity contribution >= 4 is 0 Å². The topological polar surface area (TPSA) is 58.0 Å². The second-order valence-corrected chi connectivity index (χ2v) is 2.75. The quantitative estimate of drug-likeness (QED) is 0.398. The molecular weight excluding hydrogens is 166 g/mol. The highest BCUT2D eigenvalue weighted by Crippen LogP contribution is 2.16. The Morgan fingerprint density at radius 3 is 2.85 bits per heavy atom. The van der Waals surface area contributed by atoms with E-state index in [4.69, 9.17) is 10.3 Å². The number of ether oxygens (including phenoxy) is 1. The average molecular weight is 177 g/mol. The van der Waals surface area contributed by atoms with Gasteiger partial charge in [0.1, 0.15) is 5.75 Å². The third-order valence-electron chi connectivity index (χ3n) is 1.66. The van der Waals surface area contributed by atoms with Crippen molar-refractivity contribution in [2.45, 2.75) is 13.5 Å². The summed E-state index contributed by atoms with van der Waals surface area (Å²) in [5.74, 6) is 0.795. The van der Waals surface area contributed by atoms with Crippen molar-refractivity contribution in [3.8, 4) is 5.75 Å². The van der Waals surface area contributed by atoms with Crippen molar-refractivity contribution in [2.75, 3.05) is 7.11 Å². The second kappa shape index (κ2) is 4.38. The van der Waals surface area contributed by atoms with E-state index >= 15 is 0 Å². The SMILES string of the molecule is COc1cc(C)cc(CN=[N+]=[N-])c1. The van der Waals surface area contributed by atoms with E-state index in [0.717, 1.165) is 16.9 Å². The normalized spacial score (nSPS) is 9.08. The lowest BCUT2D eigenvalue weighted by Crippen LogP contribution is -1.87. The van der Waals surface area contributed by atoms with Crippen LogP contribution in [0.4, 0.5) is 0 Å². The standard InChI is InChI=1S/C9H11N3O/c1-7-3-8(6-11-12-10)5-9(4-7)13-2/h3-5H,6H2,1-2H3. The predicted octanol–water partition coefficient (Wildman–Crippen LogP) is 2.81. The number of benzene rings is 1. The minimum absolute atomic E-state index is 0.370. The van der Waals surface area contributed by atoms with Crippen LogP contribution in [0.3, 0.4) is 0 Å².